The fourth-order valence-electron chi connectivity index (χ4n) is 3.77. The number of methoxy groups -OCH3 is 1. The Morgan fingerprint density at radius 1 is 1.36 bits per heavy atom. The van der Waals surface area contributed by atoms with Crippen molar-refractivity contribution in [3.8, 4) is 0 Å². The van der Waals surface area contributed by atoms with Crippen molar-refractivity contribution >= 4 is 11.9 Å². The van der Waals surface area contributed by atoms with Gasteiger partial charge in [-0.2, -0.15) is 0 Å². The van der Waals surface area contributed by atoms with Crippen LogP contribution in [0.15, 0.2) is 22.7 Å². The highest BCUT2D eigenvalue weighted by Gasteiger charge is 2.27. The average Bonchev–Trinajstić information content (AvgIpc) is 3.27. The van der Waals surface area contributed by atoms with Crippen LogP contribution in [0.1, 0.15) is 45.8 Å². The Labute approximate surface area is 163 Å². The first-order valence-electron chi connectivity index (χ1n) is 9.45. The van der Waals surface area contributed by atoms with Gasteiger partial charge in [-0.15, -0.1) is 0 Å². The maximum Gasteiger partial charge on any atom is 0.340 e. The standard InChI is InChI=1S/C21H25FN2O4/c1-13-17(14(2)28-23-13)5-7-20(25)24-9-8-16(12-24)10-15-4-6-19(22)18(11-15)21(26)27-3/h4,6,11,16H,5,7-10,12H2,1-3H3. The van der Waals surface area contributed by atoms with Gasteiger partial charge < -0.3 is 14.2 Å². The molecule has 1 saturated heterocycles. The maximum absolute atomic E-state index is 13.8. The van der Waals surface area contributed by atoms with Crippen LogP contribution in [0.5, 0.6) is 0 Å². The Bertz CT molecular complexity index is 858. The van der Waals surface area contributed by atoms with Crippen molar-refractivity contribution in [2.75, 3.05) is 20.2 Å². The second-order valence-corrected chi connectivity index (χ2v) is 7.31. The molecule has 1 unspecified atom stereocenters. The van der Waals surface area contributed by atoms with Gasteiger partial charge in [0.05, 0.1) is 18.4 Å². The molecule has 3 rings (SSSR count). The van der Waals surface area contributed by atoms with Crippen molar-refractivity contribution in [3.63, 3.8) is 0 Å². The van der Waals surface area contributed by atoms with Gasteiger partial charge >= 0.3 is 5.97 Å². The summed E-state index contributed by atoms with van der Waals surface area (Å²) in [6, 6.07) is 4.52. The zero-order valence-electron chi connectivity index (χ0n) is 16.5. The van der Waals surface area contributed by atoms with Crippen LogP contribution in [-0.4, -0.2) is 42.1 Å². The molecule has 0 aliphatic carbocycles. The van der Waals surface area contributed by atoms with Crippen LogP contribution in [0.4, 0.5) is 4.39 Å². The van der Waals surface area contributed by atoms with Crippen LogP contribution in [0, 0.1) is 25.6 Å². The van der Waals surface area contributed by atoms with Crippen LogP contribution >= 0.6 is 0 Å². The van der Waals surface area contributed by atoms with E-state index in [9.17, 15) is 14.0 Å². The Kier molecular flexibility index (Phi) is 6.11. The summed E-state index contributed by atoms with van der Waals surface area (Å²) >= 11 is 0. The van der Waals surface area contributed by atoms with Gasteiger partial charge in [-0.05, 0) is 56.7 Å². The number of aromatic nitrogens is 1. The quantitative estimate of drug-likeness (QED) is 0.711. The van der Waals surface area contributed by atoms with Gasteiger partial charge in [0.15, 0.2) is 0 Å². The number of aryl methyl sites for hydroxylation is 2. The first kappa shape index (κ1) is 20.0. The molecule has 1 fully saturated rings. The molecule has 28 heavy (non-hydrogen) atoms. The zero-order chi connectivity index (χ0) is 20.3. The third-order valence-corrected chi connectivity index (χ3v) is 5.37. The van der Waals surface area contributed by atoms with Crippen molar-refractivity contribution in [1.29, 1.82) is 0 Å². The number of halogens is 1. The van der Waals surface area contributed by atoms with Gasteiger partial charge in [-0.1, -0.05) is 11.2 Å². The van der Waals surface area contributed by atoms with Crippen LogP contribution in [-0.2, 0) is 22.4 Å². The number of hydrogen-bond acceptors (Lipinski definition) is 5. The Morgan fingerprint density at radius 2 is 2.14 bits per heavy atom. The molecule has 2 aromatic rings. The van der Waals surface area contributed by atoms with E-state index in [1.54, 1.807) is 12.1 Å². The number of carbonyl (C=O) groups excluding carboxylic acids is 2. The summed E-state index contributed by atoms with van der Waals surface area (Å²) in [6.07, 6.45) is 2.64. The minimum Gasteiger partial charge on any atom is -0.465 e. The lowest BCUT2D eigenvalue weighted by Gasteiger charge is -2.17. The molecule has 6 nitrogen and oxygen atoms in total. The molecule has 1 aromatic heterocycles. The minimum absolute atomic E-state index is 0.0506. The third-order valence-electron chi connectivity index (χ3n) is 5.37. The van der Waals surface area contributed by atoms with E-state index in [1.165, 1.54) is 13.2 Å². The predicted octanol–water partition coefficient (Wildman–Crippen LogP) is 3.24. The summed E-state index contributed by atoms with van der Waals surface area (Å²) < 4.78 is 23.5. The second-order valence-electron chi connectivity index (χ2n) is 7.31. The molecular formula is C21H25FN2O4. The molecule has 7 heteroatoms. The van der Waals surface area contributed by atoms with E-state index < -0.39 is 11.8 Å². The van der Waals surface area contributed by atoms with Crippen LogP contribution in [0.25, 0.3) is 0 Å². The van der Waals surface area contributed by atoms with E-state index in [4.69, 9.17) is 4.52 Å². The van der Waals surface area contributed by atoms with Crippen LogP contribution in [0.3, 0.4) is 0 Å². The summed E-state index contributed by atoms with van der Waals surface area (Å²) in [4.78, 5) is 26.1. The summed E-state index contributed by atoms with van der Waals surface area (Å²) in [5.41, 5.74) is 2.66. The van der Waals surface area contributed by atoms with Gasteiger partial charge in [0, 0.05) is 25.1 Å². The molecule has 1 aromatic carbocycles. The molecule has 1 aliphatic heterocycles. The van der Waals surface area contributed by atoms with Crippen molar-refractivity contribution in [2.45, 2.75) is 39.5 Å². The number of rotatable bonds is 6. The highest BCUT2D eigenvalue weighted by atomic mass is 19.1. The van der Waals surface area contributed by atoms with E-state index in [0.717, 1.165) is 35.5 Å². The van der Waals surface area contributed by atoms with Gasteiger partial charge in [0.1, 0.15) is 11.6 Å². The lowest BCUT2D eigenvalue weighted by molar-refractivity contribution is -0.130. The normalized spacial score (nSPS) is 16.4. The second kappa shape index (κ2) is 8.54. The Hall–Kier alpha value is -2.70. The molecule has 1 aliphatic rings. The number of ether oxygens (including phenoxy) is 1. The molecule has 0 N–H and O–H groups in total. The number of nitrogens with zero attached hydrogens (tertiary/aromatic N) is 2. The first-order chi connectivity index (χ1) is 13.4. The molecule has 0 saturated carbocycles. The first-order valence-corrected chi connectivity index (χ1v) is 9.45. The number of likely N-dealkylation sites (tertiary alicyclic amines) is 1. The van der Waals surface area contributed by atoms with Gasteiger partial charge in [0.25, 0.3) is 0 Å². The van der Waals surface area contributed by atoms with E-state index in [2.05, 4.69) is 9.89 Å². The van der Waals surface area contributed by atoms with Crippen LogP contribution in [0.2, 0.25) is 0 Å². The topological polar surface area (TPSA) is 72.6 Å². The largest absolute Gasteiger partial charge is 0.465 e. The van der Waals surface area contributed by atoms with Gasteiger partial charge in [0.2, 0.25) is 5.91 Å². The molecule has 2 heterocycles. The molecule has 0 bridgehead atoms. The number of carbonyl (C=O) groups is 2. The molecule has 150 valence electrons. The highest BCUT2D eigenvalue weighted by molar-refractivity contribution is 5.89. The number of benzene rings is 1. The smallest absolute Gasteiger partial charge is 0.340 e. The molecule has 1 amide bonds. The van der Waals surface area contributed by atoms with E-state index in [-0.39, 0.29) is 11.5 Å². The summed E-state index contributed by atoms with van der Waals surface area (Å²) in [5.74, 6) is -0.0850. The van der Waals surface area contributed by atoms with E-state index >= 15 is 0 Å². The summed E-state index contributed by atoms with van der Waals surface area (Å²) in [6.45, 7) is 5.13. The van der Waals surface area contributed by atoms with Crippen molar-refractivity contribution in [2.24, 2.45) is 5.92 Å². The predicted molar refractivity (Wildman–Crippen MR) is 100 cm³/mol. The maximum atomic E-state index is 13.8. The van der Waals surface area contributed by atoms with Crippen molar-refractivity contribution in [1.82, 2.24) is 10.1 Å². The molecule has 0 spiro atoms. The zero-order valence-corrected chi connectivity index (χ0v) is 16.5. The molecular weight excluding hydrogens is 363 g/mol. The average molecular weight is 388 g/mol. The lowest BCUT2D eigenvalue weighted by Crippen LogP contribution is -2.29. The monoisotopic (exact) mass is 388 g/mol. The molecule has 1 atom stereocenters. The van der Waals surface area contributed by atoms with E-state index in [0.29, 0.717) is 31.7 Å². The SMILES string of the molecule is COC(=O)c1cc(CC2CCN(C(=O)CCc3c(C)noc3C)C2)ccc1F. The molecule has 0 radical (unpaired) electrons. The van der Waals surface area contributed by atoms with Crippen LogP contribution < -0.4 is 0 Å². The van der Waals surface area contributed by atoms with Crippen molar-refractivity contribution < 1.29 is 23.2 Å². The number of amides is 1. The van der Waals surface area contributed by atoms with E-state index in [1.807, 2.05) is 18.7 Å². The Morgan fingerprint density at radius 3 is 2.82 bits per heavy atom. The van der Waals surface area contributed by atoms with Crippen molar-refractivity contribution in [3.05, 3.63) is 52.2 Å². The number of esters is 1. The van der Waals surface area contributed by atoms with Gasteiger partial charge in [-0.3, -0.25) is 4.79 Å². The Balaban J connectivity index is 1.55. The fraction of sp³-hybridized carbons (Fsp3) is 0.476. The minimum atomic E-state index is -0.679. The lowest BCUT2D eigenvalue weighted by atomic mass is 9.97. The summed E-state index contributed by atoms with van der Waals surface area (Å²) in [5, 5.41) is 3.92. The number of hydrogen-bond donors (Lipinski definition) is 0. The third kappa shape index (κ3) is 4.40. The summed E-state index contributed by atoms with van der Waals surface area (Å²) in [7, 11) is 1.23. The van der Waals surface area contributed by atoms with Gasteiger partial charge in [-0.25, -0.2) is 9.18 Å². The highest BCUT2D eigenvalue weighted by Crippen LogP contribution is 2.24. The fourth-order valence-corrected chi connectivity index (χ4v) is 3.77.